The zero-order valence-corrected chi connectivity index (χ0v) is 15.3. The number of rotatable bonds is 10. The minimum atomic E-state index is -0.352. The lowest BCUT2D eigenvalue weighted by molar-refractivity contribution is 0.0430. The lowest BCUT2D eigenvalue weighted by Gasteiger charge is -2.12. The average Bonchev–Trinajstić information content (AvgIpc) is 2.58. The van der Waals surface area contributed by atoms with E-state index in [1.54, 1.807) is 24.3 Å². The summed E-state index contributed by atoms with van der Waals surface area (Å²) in [5.41, 5.74) is 0.907. The van der Waals surface area contributed by atoms with Crippen LogP contribution in [-0.4, -0.2) is 25.2 Å². The van der Waals surface area contributed by atoms with Crippen molar-refractivity contribution in [3.05, 3.63) is 35.4 Å². The summed E-state index contributed by atoms with van der Waals surface area (Å²) in [6, 6.07) is 6.44. The van der Waals surface area contributed by atoms with Crippen molar-refractivity contribution < 1.29 is 19.1 Å². The number of benzene rings is 1. The first-order valence-corrected chi connectivity index (χ1v) is 8.92. The van der Waals surface area contributed by atoms with Gasteiger partial charge in [-0.2, -0.15) is 0 Å². The van der Waals surface area contributed by atoms with E-state index in [-0.39, 0.29) is 11.9 Å². The van der Waals surface area contributed by atoms with Crippen molar-refractivity contribution in [1.29, 1.82) is 0 Å². The molecule has 1 aromatic rings. The van der Waals surface area contributed by atoms with Gasteiger partial charge in [0, 0.05) is 0 Å². The molecule has 0 bridgehead atoms. The van der Waals surface area contributed by atoms with Crippen molar-refractivity contribution in [3.63, 3.8) is 0 Å². The largest absolute Gasteiger partial charge is 0.462 e. The molecule has 1 aromatic carbocycles. The van der Waals surface area contributed by atoms with Gasteiger partial charge in [-0.25, -0.2) is 9.59 Å². The molecule has 0 amide bonds. The molecule has 24 heavy (non-hydrogen) atoms. The van der Waals surface area contributed by atoms with Crippen molar-refractivity contribution in [3.8, 4) is 0 Å². The van der Waals surface area contributed by atoms with Gasteiger partial charge < -0.3 is 9.47 Å². The van der Waals surface area contributed by atoms with Gasteiger partial charge in [0.15, 0.2) is 0 Å². The zero-order valence-electron chi connectivity index (χ0n) is 15.3. The second-order valence-electron chi connectivity index (χ2n) is 6.56. The molecular weight excluding hydrogens is 304 g/mol. The monoisotopic (exact) mass is 334 g/mol. The molecule has 0 aliphatic carbocycles. The maximum absolute atomic E-state index is 12.0. The summed E-state index contributed by atoms with van der Waals surface area (Å²) in [7, 11) is 0. The summed E-state index contributed by atoms with van der Waals surface area (Å²) in [6.07, 6.45) is 4.22. The standard InChI is InChI=1S/C20H30O4/c1-5-7-15(3)13-23-19(21)17-9-11-18(12-10-17)20(22)24-14-16(4)8-6-2/h9-12,15-16H,5-8,13-14H2,1-4H3. The predicted octanol–water partition coefficient (Wildman–Crippen LogP) is 4.87. The van der Waals surface area contributed by atoms with Crippen LogP contribution in [0.15, 0.2) is 24.3 Å². The van der Waals surface area contributed by atoms with E-state index in [0.29, 0.717) is 36.2 Å². The molecule has 0 fully saturated rings. The van der Waals surface area contributed by atoms with Crippen LogP contribution in [0.1, 0.15) is 74.1 Å². The molecule has 4 nitrogen and oxygen atoms in total. The molecule has 4 heteroatoms. The Balaban J connectivity index is 2.49. The fourth-order valence-corrected chi connectivity index (χ4v) is 2.50. The van der Waals surface area contributed by atoms with Crippen LogP contribution in [0.3, 0.4) is 0 Å². The fourth-order valence-electron chi connectivity index (χ4n) is 2.50. The minimum absolute atomic E-state index is 0.352. The quantitative estimate of drug-likeness (QED) is 0.573. The lowest BCUT2D eigenvalue weighted by atomic mass is 10.1. The Morgan fingerprint density at radius 2 is 1.12 bits per heavy atom. The van der Waals surface area contributed by atoms with E-state index in [4.69, 9.17) is 9.47 Å². The van der Waals surface area contributed by atoms with E-state index in [2.05, 4.69) is 27.7 Å². The average molecular weight is 334 g/mol. The van der Waals surface area contributed by atoms with Crippen LogP contribution in [0.2, 0.25) is 0 Å². The van der Waals surface area contributed by atoms with Gasteiger partial charge in [0.05, 0.1) is 24.3 Å². The van der Waals surface area contributed by atoms with Gasteiger partial charge in [-0.1, -0.05) is 40.5 Å². The van der Waals surface area contributed by atoms with E-state index in [1.165, 1.54) is 0 Å². The topological polar surface area (TPSA) is 52.6 Å². The summed E-state index contributed by atoms with van der Waals surface area (Å²) in [6.45, 7) is 9.20. The first kappa shape index (κ1) is 20.2. The van der Waals surface area contributed by atoms with Gasteiger partial charge in [-0.15, -0.1) is 0 Å². The van der Waals surface area contributed by atoms with Gasteiger partial charge in [0.1, 0.15) is 0 Å². The molecule has 0 aromatic heterocycles. The van der Waals surface area contributed by atoms with Gasteiger partial charge >= 0.3 is 11.9 Å². The van der Waals surface area contributed by atoms with Gasteiger partial charge in [-0.3, -0.25) is 0 Å². The maximum atomic E-state index is 12.0. The molecular formula is C20H30O4. The highest BCUT2D eigenvalue weighted by Crippen LogP contribution is 2.12. The Morgan fingerprint density at radius 1 is 0.792 bits per heavy atom. The summed E-state index contributed by atoms with van der Waals surface area (Å²) in [4.78, 5) is 24.0. The molecule has 0 spiro atoms. The first-order valence-electron chi connectivity index (χ1n) is 8.92. The SMILES string of the molecule is CCCC(C)COC(=O)c1ccc(C(=O)OCC(C)CCC)cc1. The Hall–Kier alpha value is -1.84. The Bertz CT molecular complexity index is 460. The van der Waals surface area contributed by atoms with E-state index in [9.17, 15) is 9.59 Å². The summed E-state index contributed by atoms with van der Waals surface area (Å²) in [5.74, 6) is 0.0144. The third-order valence-electron chi connectivity index (χ3n) is 3.92. The second-order valence-corrected chi connectivity index (χ2v) is 6.56. The van der Waals surface area contributed by atoms with Crippen molar-refractivity contribution in [2.24, 2.45) is 11.8 Å². The van der Waals surface area contributed by atoms with Gasteiger partial charge in [-0.05, 0) is 48.9 Å². The normalized spacial score (nSPS) is 13.2. The van der Waals surface area contributed by atoms with Gasteiger partial charge in [0.25, 0.3) is 0 Å². The lowest BCUT2D eigenvalue weighted by Crippen LogP contribution is -2.13. The third-order valence-corrected chi connectivity index (χ3v) is 3.92. The highest BCUT2D eigenvalue weighted by atomic mass is 16.5. The molecule has 0 aliphatic heterocycles. The molecule has 1 rings (SSSR count). The van der Waals surface area contributed by atoms with Crippen LogP contribution in [0, 0.1) is 11.8 Å². The Kier molecular flexibility index (Phi) is 9.13. The van der Waals surface area contributed by atoms with E-state index < -0.39 is 0 Å². The van der Waals surface area contributed by atoms with Crippen molar-refractivity contribution in [2.75, 3.05) is 13.2 Å². The molecule has 0 aliphatic rings. The molecule has 2 unspecified atom stereocenters. The second kappa shape index (κ2) is 10.8. The number of esters is 2. The molecule has 0 saturated carbocycles. The van der Waals surface area contributed by atoms with Gasteiger partial charge in [0.2, 0.25) is 0 Å². The number of carbonyl (C=O) groups excluding carboxylic acids is 2. The molecule has 0 heterocycles. The first-order chi connectivity index (χ1) is 11.5. The summed E-state index contributed by atoms with van der Waals surface area (Å²) >= 11 is 0. The smallest absolute Gasteiger partial charge is 0.338 e. The van der Waals surface area contributed by atoms with Crippen molar-refractivity contribution >= 4 is 11.9 Å². The highest BCUT2D eigenvalue weighted by Gasteiger charge is 2.13. The molecule has 2 atom stereocenters. The van der Waals surface area contributed by atoms with E-state index in [0.717, 1.165) is 25.7 Å². The van der Waals surface area contributed by atoms with Crippen LogP contribution in [-0.2, 0) is 9.47 Å². The third kappa shape index (κ3) is 7.16. The van der Waals surface area contributed by atoms with Crippen LogP contribution in [0.5, 0.6) is 0 Å². The molecule has 0 radical (unpaired) electrons. The number of ether oxygens (including phenoxy) is 2. The number of hydrogen-bond donors (Lipinski definition) is 0. The van der Waals surface area contributed by atoms with Crippen molar-refractivity contribution in [2.45, 2.75) is 53.4 Å². The predicted molar refractivity (Wildman–Crippen MR) is 95.2 cm³/mol. The summed E-state index contributed by atoms with van der Waals surface area (Å²) in [5, 5.41) is 0. The molecule has 0 N–H and O–H groups in total. The molecule has 134 valence electrons. The van der Waals surface area contributed by atoms with Crippen LogP contribution in [0.4, 0.5) is 0 Å². The fraction of sp³-hybridized carbons (Fsp3) is 0.600. The highest BCUT2D eigenvalue weighted by molar-refractivity contribution is 5.93. The van der Waals surface area contributed by atoms with Crippen LogP contribution in [0.25, 0.3) is 0 Å². The molecule has 0 saturated heterocycles. The van der Waals surface area contributed by atoms with E-state index in [1.807, 2.05) is 0 Å². The van der Waals surface area contributed by atoms with Crippen LogP contribution < -0.4 is 0 Å². The number of hydrogen-bond acceptors (Lipinski definition) is 4. The van der Waals surface area contributed by atoms with Crippen LogP contribution >= 0.6 is 0 Å². The zero-order chi connectivity index (χ0) is 17.9. The number of carbonyl (C=O) groups is 2. The minimum Gasteiger partial charge on any atom is -0.462 e. The van der Waals surface area contributed by atoms with E-state index >= 15 is 0 Å². The maximum Gasteiger partial charge on any atom is 0.338 e. The summed E-state index contributed by atoms with van der Waals surface area (Å²) < 4.78 is 10.6. The Labute approximate surface area is 145 Å². The Morgan fingerprint density at radius 3 is 1.42 bits per heavy atom. The van der Waals surface area contributed by atoms with Crippen molar-refractivity contribution in [1.82, 2.24) is 0 Å².